The Labute approximate surface area is 86.5 Å². The van der Waals surface area contributed by atoms with Crippen molar-refractivity contribution in [3.8, 4) is 0 Å². The van der Waals surface area contributed by atoms with Crippen LogP contribution in [0.15, 0.2) is 18.6 Å². The molecule has 0 unspecified atom stereocenters. The average Bonchev–Trinajstić information content (AvgIpc) is 2.84. The normalized spacial score (nSPS) is 10.5. The highest BCUT2D eigenvalue weighted by atomic mass is 16.1. The zero-order valence-corrected chi connectivity index (χ0v) is 8.37. The van der Waals surface area contributed by atoms with Crippen LogP contribution in [0.1, 0.15) is 16.3 Å². The predicted octanol–water partition coefficient (Wildman–Crippen LogP) is 0.0668. The molecular formula is C9H11N5O. The first-order chi connectivity index (χ1) is 7.29. The van der Waals surface area contributed by atoms with E-state index < -0.39 is 0 Å². The van der Waals surface area contributed by atoms with Gasteiger partial charge in [0.15, 0.2) is 6.29 Å². The molecule has 0 aromatic carbocycles. The Hall–Kier alpha value is -1.98. The fourth-order valence-electron chi connectivity index (χ4n) is 1.33. The third kappa shape index (κ3) is 2.09. The van der Waals surface area contributed by atoms with Crippen LogP contribution in [-0.4, -0.2) is 30.8 Å². The van der Waals surface area contributed by atoms with Crippen LogP contribution in [0.25, 0.3) is 0 Å². The van der Waals surface area contributed by atoms with E-state index in [0.717, 1.165) is 12.2 Å². The fourth-order valence-corrected chi connectivity index (χ4v) is 1.33. The molecule has 0 atom stereocenters. The van der Waals surface area contributed by atoms with Crippen molar-refractivity contribution < 1.29 is 4.79 Å². The molecule has 0 saturated heterocycles. The minimum absolute atomic E-state index is 0.356. The van der Waals surface area contributed by atoms with Crippen LogP contribution in [0, 0.1) is 0 Å². The maximum atomic E-state index is 10.4. The molecule has 0 aliphatic carbocycles. The topological polar surface area (TPSA) is 65.6 Å². The first-order valence-electron chi connectivity index (χ1n) is 4.61. The Morgan fingerprint density at radius 1 is 1.53 bits per heavy atom. The molecule has 0 aliphatic rings. The van der Waals surface area contributed by atoms with Crippen LogP contribution >= 0.6 is 0 Å². The molecule has 0 spiro atoms. The maximum Gasteiger partial charge on any atom is 0.171 e. The lowest BCUT2D eigenvalue weighted by molar-refractivity contribution is 0.111. The number of imidazole rings is 1. The zero-order valence-electron chi connectivity index (χ0n) is 8.37. The van der Waals surface area contributed by atoms with Crippen LogP contribution in [0.4, 0.5) is 0 Å². The van der Waals surface area contributed by atoms with Gasteiger partial charge in [0.2, 0.25) is 0 Å². The summed E-state index contributed by atoms with van der Waals surface area (Å²) in [6, 6.07) is 0. The number of hydrogen-bond acceptors (Lipinski definition) is 4. The second-order valence-corrected chi connectivity index (χ2v) is 3.23. The zero-order chi connectivity index (χ0) is 10.7. The highest BCUT2D eigenvalue weighted by Gasteiger charge is 2.02. The monoisotopic (exact) mass is 205 g/mol. The van der Waals surface area contributed by atoms with Crippen LogP contribution in [0.5, 0.6) is 0 Å². The fraction of sp³-hybridized carbons (Fsp3) is 0.333. The molecule has 15 heavy (non-hydrogen) atoms. The Morgan fingerprint density at radius 3 is 3.00 bits per heavy atom. The molecule has 6 nitrogen and oxygen atoms in total. The summed E-state index contributed by atoms with van der Waals surface area (Å²) >= 11 is 0. The number of carbonyl (C=O) groups is 1. The molecule has 0 N–H and O–H groups in total. The van der Waals surface area contributed by atoms with E-state index in [1.165, 1.54) is 0 Å². The summed E-state index contributed by atoms with van der Waals surface area (Å²) in [4.78, 5) is 14.6. The van der Waals surface area contributed by atoms with E-state index >= 15 is 0 Å². The summed E-state index contributed by atoms with van der Waals surface area (Å²) in [7, 11) is 1.94. The minimum Gasteiger partial charge on any atom is -0.338 e. The summed E-state index contributed by atoms with van der Waals surface area (Å²) in [6.45, 7) is 0.672. The van der Waals surface area contributed by atoms with Crippen LogP contribution in [0.2, 0.25) is 0 Å². The van der Waals surface area contributed by atoms with Crippen molar-refractivity contribution in [2.24, 2.45) is 7.05 Å². The van der Waals surface area contributed by atoms with E-state index in [1.54, 1.807) is 17.1 Å². The van der Waals surface area contributed by atoms with Crippen molar-refractivity contribution in [1.29, 1.82) is 0 Å². The molecule has 2 heterocycles. The number of hydrogen-bond donors (Lipinski definition) is 0. The largest absolute Gasteiger partial charge is 0.338 e. The van der Waals surface area contributed by atoms with E-state index in [2.05, 4.69) is 15.3 Å². The van der Waals surface area contributed by atoms with Crippen molar-refractivity contribution in [1.82, 2.24) is 24.5 Å². The van der Waals surface area contributed by atoms with Gasteiger partial charge >= 0.3 is 0 Å². The Bertz CT molecular complexity index is 459. The molecule has 0 radical (unpaired) electrons. The van der Waals surface area contributed by atoms with Crippen molar-refractivity contribution in [3.05, 3.63) is 30.1 Å². The molecule has 0 bridgehead atoms. The second-order valence-electron chi connectivity index (χ2n) is 3.23. The van der Waals surface area contributed by atoms with Crippen LogP contribution < -0.4 is 0 Å². The van der Waals surface area contributed by atoms with E-state index in [0.29, 0.717) is 18.5 Å². The second kappa shape index (κ2) is 4.04. The standard InChI is InChI=1S/C9H11N5O/c1-13-5-3-10-9(13)2-4-14-6-8(7-15)11-12-14/h3,5-7H,2,4H2,1H3. The van der Waals surface area contributed by atoms with Gasteiger partial charge in [0.05, 0.1) is 6.20 Å². The van der Waals surface area contributed by atoms with Crippen molar-refractivity contribution >= 4 is 6.29 Å². The molecule has 78 valence electrons. The molecule has 0 amide bonds. The van der Waals surface area contributed by atoms with Gasteiger partial charge in [-0.05, 0) is 0 Å². The van der Waals surface area contributed by atoms with Gasteiger partial charge in [-0.15, -0.1) is 5.10 Å². The summed E-state index contributed by atoms with van der Waals surface area (Å²) in [5.74, 6) is 0.984. The molecule has 0 saturated carbocycles. The Kier molecular flexibility index (Phi) is 2.57. The van der Waals surface area contributed by atoms with Gasteiger partial charge in [-0.25, -0.2) is 4.98 Å². The highest BCUT2D eigenvalue weighted by Crippen LogP contribution is 1.98. The van der Waals surface area contributed by atoms with Crippen LogP contribution in [-0.2, 0) is 20.0 Å². The molecule has 0 aliphatic heterocycles. The minimum atomic E-state index is 0.356. The van der Waals surface area contributed by atoms with E-state index in [9.17, 15) is 4.79 Å². The molecule has 6 heteroatoms. The molecule has 2 aromatic heterocycles. The summed E-state index contributed by atoms with van der Waals surface area (Å²) in [6.07, 6.45) is 6.73. The summed E-state index contributed by atoms with van der Waals surface area (Å²) in [5, 5.41) is 7.49. The summed E-state index contributed by atoms with van der Waals surface area (Å²) < 4.78 is 3.59. The lowest BCUT2D eigenvalue weighted by Gasteiger charge is -2.00. The van der Waals surface area contributed by atoms with Crippen molar-refractivity contribution in [2.45, 2.75) is 13.0 Å². The lowest BCUT2D eigenvalue weighted by Crippen LogP contribution is -2.06. The first kappa shape index (κ1) is 9.57. The van der Waals surface area contributed by atoms with Gasteiger partial charge in [-0.2, -0.15) is 0 Å². The first-order valence-corrected chi connectivity index (χ1v) is 4.61. The van der Waals surface area contributed by atoms with Gasteiger partial charge in [0.1, 0.15) is 11.5 Å². The van der Waals surface area contributed by atoms with Gasteiger partial charge < -0.3 is 4.57 Å². The number of rotatable bonds is 4. The summed E-state index contributed by atoms with van der Waals surface area (Å²) in [5.41, 5.74) is 0.356. The smallest absolute Gasteiger partial charge is 0.171 e. The van der Waals surface area contributed by atoms with Crippen molar-refractivity contribution in [2.75, 3.05) is 0 Å². The van der Waals surface area contributed by atoms with Crippen LogP contribution in [0.3, 0.4) is 0 Å². The highest BCUT2D eigenvalue weighted by molar-refractivity contribution is 5.70. The van der Waals surface area contributed by atoms with Gasteiger partial charge in [-0.1, -0.05) is 5.21 Å². The van der Waals surface area contributed by atoms with Gasteiger partial charge in [0, 0.05) is 32.4 Å². The van der Waals surface area contributed by atoms with Gasteiger partial charge in [-0.3, -0.25) is 9.48 Å². The van der Waals surface area contributed by atoms with E-state index in [4.69, 9.17) is 0 Å². The van der Waals surface area contributed by atoms with E-state index in [1.807, 2.05) is 17.8 Å². The number of aromatic nitrogens is 5. The molecule has 2 rings (SSSR count). The third-order valence-electron chi connectivity index (χ3n) is 2.16. The van der Waals surface area contributed by atoms with Gasteiger partial charge in [0.25, 0.3) is 0 Å². The number of aldehydes is 1. The number of carbonyl (C=O) groups excluding carboxylic acids is 1. The molecule has 2 aromatic rings. The molecular weight excluding hydrogens is 194 g/mol. The number of nitrogens with zero attached hydrogens (tertiary/aromatic N) is 5. The Balaban J connectivity index is 1.99. The number of aryl methyl sites for hydroxylation is 3. The average molecular weight is 205 g/mol. The quantitative estimate of drug-likeness (QED) is 0.662. The predicted molar refractivity (Wildman–Crippen MR) is 52.3 cm³/mol. The SMILES string of the molecule is Cn1ccnc1CCn1cc(C=O)nn1. The maximum absolute atomic E-state index is 10.4. The van der Waals surface area contributed by atoms with E-state index in [-0.39, 0.29) is 0 Å². The third-order valence-corrected chi connectivity index (χ3v) is 2.16. The van der Waals surface area contributed by atoms with Crippen molar-refractivity contribution in [3.63, 3.8) is 0 Å². The molecule has 0 fully saturated rings. The lowest BCUT2D eigenvalue weighted by atomic mass is 10.4. The Morgan fingerprint density at radius 2 is 2.40 bits per heavy atom.